The van der Waals surface area contributed by atoms with Crippen LogP contribution in [0.15, 0.2) is 12.1 Å². The van der Waals surface area contributed by atoms with E-state index < -0.39 is 5.82 Å². The van der Waals surface area contributed by atoms with Crippen LogP contribution in [0.1, 0.15) is 5.69 Å². The number of aryl methyl sites for hydroxylation is 1. The van der Waals surface area contributed by atoms with E-state index in [0.717, 1.165) is 0 Å². The zero-order valence-electron chi connectivity index (χ0n) is 8.21. The monoisotopic (exact) mass is 226 g/mol. The molecule has 0 aliphatic carbocycles. The molecule has 1 aromatic heterocycles. The summed E-state index contributed by atoms with van der Waals surface area (Å²) in [6.07, 6.45) is 0. The predicted octanol–water partition coefficient (Wildman–Crippen LogP) is 2.74. The number of halogens is 2. The number of ether oxygens (including phenoxy) is 1. The lowest BCUT2D eigenvalue weighted by molar-refractivity contribution is 0.387. The van der Waals surface area contributed by atoms with Gasteiger partial charge in [0.15, 0.2) is 11.6 Å². The summed E-state index contributed by atoms with van der Waals surface area (Å²) in [5.41, 5.74) is 1.22. The van der Waals surface area contributed by atoms with Crippen molar-refractivity contribution < 1.29 is 9.13 Å². The van der Waals surface area contributed by atoms with E-state index in [1.54, 1.807) is 6.92 Å². The van der Waals surface area contributed by atoms with Gasteiger partial charge >= 0.3 is 0 Å². The number of fused-ring (bicyclic) bond motifs is 1. The van der Waals surface area contributed by atoms with Gasteiger partial charge in [0.25, 0.3) is 0 Å². The van der Waals surface area contributed by atoms with E-state index >= 15 is 0 Å². The first-order valence-corrected chi connectivity index (χ1v) is 4.67. The van der Waals surface area contributed by atoms with Crippen molar-refractivity contribution in [2.24, 2.45) is 0 Å². The van der Waals surface area contributed by atoms with E-state index in [1.165, 1.54) is 19.2 Å². The highest BCUT2D eigenvalue weighted by Crippen LogP contribution is 2.25. The van der Waals surface area contributed by atoms with E-state index in [4.69, 9.17) is 16.3 Å². The fourth-order valence-electron chi connectivity index (χ4n) is 1.40. The molecular weight excluding hydrogens is 219 g/mol. The van der Waals surface area contributed by atoms with Crippen molar-refractivity contribution in [1.29, 1.82) is 0 Å². The third-order valence-corrected chi connectivity index (χ3v) is 2.30. The molecule has 3 nitrogen and oxygen atoms in total. The third-order valence-electron chi connectivity index (χ3n) is 2.13. The van der Waals surface area contributed by atoms with Crippen LogP contribution in [0.25, 0.3) is 10.9 Å². The number of methoxy groups -OCH3 is 1. The molecule has 1 heterocycles. The molecule has 0 spiro atoms. The first-order chi connectivity index (χ1) is 7.11. The molecule has 0 amide bonds. The number of hydrogen-bond donors (Lipinski definition) is 0. The van der Waals surface area contributed by atoms with E-state index in [2.05, 4.69) is 9.97 Å². The molecule has 0 saturated carbocycles. The molecule has 0 fully saturated rings. The Balaban J connectivity index is 2.81. The summed E-state index contributed by atoms with van der Waals surface area (Å²) in [5.74, 6) is -0.282. The van der Waals surface area contributed by atoms with Crippen LogP contribution in [0.5, 0.6) is 5.75 Å². The van der Waals surface area contributed by atoms with Gasteiger partial charge < -0.3 is 4.74 Å². The molecule has 0 N–H and O–H groups in total. The Kier molecular flexibility index (Phi) is 2.44. The number of hydrogen-bond acceptors (Lipinski definition) is 3. The Morgan fingerprint density at radius 2 is 2.07 bits per heavy atom. The molecule has 0 radical (unpaired) electrons. The van der Waals surface area contributed by atoms with Crippen molar-refractivity contribution in [3.05, 3.63) is 28.9 Å². The SMILES string of the molecule is COc1cc2nc(Cl)nc(C)c2cc1F. The van der Waals surface area contributed by atoms with Crippen LogP contribution in [0.4, 0.5) is 4.39 Å². The lowest BCUT2D eigenvalue weighted by Crippen LogP contribution is -1.94. The molecule has 0 aliphatic heterocycles. The van der Waals surface area contributed by atoms with Crippen LogP contribution in [-0.2, 0) is 0 Å². The minimum Gasteiger partial charge on any atom is -0.494 e. The zero-order valence-corrected chi connectivity index (χ0v) is 8.97. The summed E-state index contributed by atoms with van der Waals surface area (Å²) in [6.45, 7) is 1.75. The summed E-state index contributed by atoms with van der Waals surface area (Å²) in [7, 11) is 1.40. The second-order valence-corrected chi connectivity index (χ2v) is 3.42. The highest BCUT2D eigenvalue weighted by Gasteiger charge is 2.09. The summed E-state index contributed by atoms with van der Waals surface area (Å²) >= 11 is 5.70. The number of benzene rings is 1. The third kappa shape index (κ3) is 1.72. The average molecular weight is 227 g/mol. The van der Waals surface area contributed by atoms with Gasteiger partial charge in [-0.2, -0.15) is 0 Å². The van der Waals surface area contributed by atoms with Gasteiger partial charge in [0, 0.05) is 11.5 Å². The van der Waals surface area contributed by atoms with Crippen molar-refractivity contribution in [2.45, 2.75) is 6.92 Å². The summed E-state index contributed by atoms with van der Waals surface area (Å²) in [5, 5.41) is 0.784. The van der Waals surface area contributed by atoms with Crippen molar-refractivity contribution in [1.82, 2.24) is 9.97 Å². The van der Waals surface area contributed by atoms with Gasteiger partial charge in [-0.05, 0) is 24.6 Å². The molecule has 2 aromatic rings. The second kappa shape index (κ2) is 3.62. The normalized spacial score (nSPS) is 10.7. The molecule has 5 heteroatoms. The van der Waals surface area contributed by atoms with Gasteiger partial charge in [-0.1, -0.05) is 0 Å². The molecule has 0 saturated heterocycles. The lowest BCUT2D eigenvalue weighted by atomic mass is 10.2. The van der Waals surface area contributed by atoms with Crippen molar-refractivity contribution in [3.8, 4) is 5.75 Å². The highest BCUT2D eigenvalue weighted by atomic mass is 35.5. The van der Waals surface area contributed by atoms with Gasteiger partial charge in [-0.25, -0.2) is 14.4 Å². The molecule has 0 aliphatic rings. The summed E-state index contributed by atoms with van der Waals surface area (Å²) < 4.78 is 18.2. The average Bonchev–Trinajstić information content (AvgIpc) is 2.18. The van der Waals surface area contributed by atoms with E-state index in [0.29, 0.717) is 16.6 Å². The Labute approximate surface area is 90.9 Å². The maximum absolute atomic E-state index is 13.4. The first kappa shape index (κ1) is 10.1. The quantitative estimate of drug-likeness (QED) is 0.702. The molecule has 2 rings (SSSR count). The standard InChI is InChI=1S/C10H8ClFN2O/c1-5-6-3-7(12)9(15-2)4-8(6)14-10(11)13-5/h3-4H,1-2H3. The van der Waals surface area contributed by atoms with E-state index in [9.17, 15) is 4.39 Å². The fraction of sp³-hybridized carbons (Fsp3) is 0.200. The Bertz CT molecular complexity index is 530. The van der Waals surface area contributed by atoms with Crippen LogP contribution < -0.4 is 4.74 Å². The number of nitrogens with zero attached hydrogens (tertiary/aromatic N) is 2. The van der Waals surface area contributed by atoms with Crippen LogP contribution in [0, 0.1) is 12.7 Å². The van der Waals surface area contributed by atoms with Crippen molar-refractivity contribution >= 4 is 22.5 Å². The Morgan fingerprint density at radius 3 is 2.73 bits per heavy atom. The summed E-state index contributed by atoms with van der Waals surface area (Å²) in [6, 6.07) is 2.85. The number of rotatable bonds is 1. The fourth-order valence-corrected chi connectivity index (χ4v) is 1.62. The molecule has 15 heavy (non-hydrogen) atoms. The smallest absolute Gasteiger partial charge is 0.223 e. The van der Waals surface area contributed by atoms with Gasteiger partial charge in [-0.15, -0.1) is 0 Å². The minimum absolute atomic E-state index is 0.147. The first-order valence-electron chi connectivity index (χ1n) is 4.29. The maximum Gasteiger partial charge on any atom is 0.223 e. The highest BCUT2D eigenvalue weighted by molar-refractivity contribution is 6.28. The van der Waals surface area contributed by atoms with E-state index in [1.807, 2.05) is 0 Å². The predicted molar refractivity (Wildman–Crippen MR) is 55.8 cm³/mol. The topological polar surface area (TPSA) is 35.0 Å². The van der Waals surface area contributed by atoms with Gasteiger partial charge in [-0.3, -0.25) is 0 Å². The molecule has 78 valence electrons. The largest absolute Gasteiger partial charge is 0.494 e. The van der Waals surface area contributed by atoms with Crippen LogP contribution >= 0.6 is 11.6 Å². The molecule has 0 bridgehead atoms. The van der Waals surface area contributed by atoms with Crippen LogP contribution in [0.2, 0.25) is 5.28 Å². The van der Waals surface area contributed by atoms with Gasteiger partial charge in [0.05, 0.1) is 18.3 Å². The van der Waals surface area contributed by atoms with Gasteiger partial charge in [0.1, 0.15) is 0 Å². The maximum atomic E-state index is 13.4. The number of aromatic nitrogens is 2. The second-order valence-electron chi connectivity index (χ2n) is 3.08. The summed E-state index contributed by atoms with van der Waals surface area (Å²) in [4.78, 5) is 7.94. The Morgan fingerprint density at radius 1 is 1.33 bits per heavy atom. The van der Waals surface area contributed by atoms with Crippen molar-refractivity contribution in [2.75, 3.05) is 7.11 Å². The molecule has 0 atom stereocenters. The Hall–Kier alpha value is -1.42. The van der Waals surface area contributed by atoms with Crippen LogP contribution in [0.3, 0.4) is 0 Å². The van der Waals surface area contributed by atoms with Crippen LogP contribution in [-0.4, -0.2) is 17.1 Å². The molecular formula is C10H8ClFN2O. The minimum atomic E-state index is -0.431. The lowest BCUT2D eigenvalue weighted by Gasteiger charge is -2.05. The van der Waals surface area contributed by atoms with E-state index in [-0.39, 0.29) is 11.0 Å². The molecule has 1 aromatic carbocycles. The zero-order chi connectivity index (χ0) is 11.0. The van der Waals surface area contributed by atoms with Gasteiger partial charge in [0.2, 0.25) is 5.28 Å². The molecule has 0 unspecified atom stereocenters. The van der Waals surface area contributed by atoms with Crippen molar-refractivity contribution in [3.63, 3.8) is 0 Å².